The van der Waals surface area contributed by atoms with E-state index in [0.29, 0.717) is 11.1 Å². The first-order chi connectivity index (χ1) is 11.4. The fourth-order valence-electron chi connectivity index (χ4n) is 2.68. The van der Waals surface area contributed by atoms with Crippen molar-refractivity contribution < 1.29 is 14.4 Å². The van der Waals surface area contributed by atoms with Gasteiger partial charge in [0.05, 0.1) is 6.54 Å². The Morgan fingerprint density at radius 1 is 1.08 bits per heavy atom. The van der Waals surface area contributed by atoms with Crippen LogP contribution in [0.1, 0.15) is 22.8 Å². The Hall–Kier alpha value is -2.22. The molecule has 3 amide bonds. The van der Waals surface area contributed by atoms with Crippen LogP contribution in [0.4, 0.5) is 4.79 Å². The number of nitrogens with zero attached hydrogens (tertiary/aromatic N) is 1. The fourth-order valence-corrected chi connectivity index (χ4v) is 3.04. The Kier molecular flexibility index (Phi) is 4.40. The fraction of sp³-hybridized carbons (Fsp3) is 0.167. The van der Waals surface area contributed by atoms with Gasteiger partial charge in [-0.1, -0.05) is 42.5 Å². The van der Waals surface area contributed by atoms with Crippen LogP contribution >= 0.6 is 22.6 Å². The summed E-state index contributed by atoms with van der Waals surface area (Å²) in [6, 6.07) is 15.5. The van der Waals surface area contributed by atoms with Crippen LogP contribution in [0, 0.1) is 3.57 Å². The van der Waals surface area contributed by atoms with E-state index in [2.05, 4.69) is 27.9 Å². The van der Waals surface area contributed by atoms with E-state index >= 15 is 0 Å². The van der Waals surface area contributed by atoms with Crippen molar-refractivity contribution in [1.82, 2.24) is 10.2 Å². The van der Waals surface area contributed by atoms with Gasteiger partial charge in [0.15, 0.2) is 5.78 Å². The van der Waals surface area contributed by atoms with E-state index in [0.717, 1.165) is 8.47 Å². The lowest BCUT2D eigenvalue weighted by Crippen LogP contribution is -2.41. The Bertz CT molecular complexity index is 805. The van der Waals surface area contributed by atoms with Crippen LogP contribution in [0.3, 0.4) is 0 Å². The molecule has 1 N–H and O–H groups in total. The van der Waals surface area contributed by atoms with Gasteiger partial charge in [0.2, 0.25) is 0 Å². The summed E-state index contributed by atoms with van der Waals surface area (Å²) in [4.78, 5) is 38.3. The Labute approximate surface area is 153 Å². The molecule has 2 aromatic rings. The van der Waals surface area contributed by atoms with Gasteiger partial charge in [-0.05, 0) is 47.2 Å². The minimum absolute atomic E-state index is 0.270. The van der Waals surface area contributed by atoms with Crippen molar-refractivity contribution >= 4 is 40.3 Å². The van der Waals surface area contributed by atoms with Crippen molar-refractivity contribution in [2.75, 3.05) is 6.54 Å². The van der Waals surface area contributed by atoms with E-state index in [-0.39, 0.29) is 12.3 Å². The number of imide groups is 1. The zero-order valence-electron chi connectivity index (χ0n) is 13.0. The third kappa shape index (κ3) is 2.93. The number of carbonyl (C=O) groups is 3. The van der Waals surface area contributed by atoms with Gasteiger partial charge < -0.3 is 5.32 Å². The molecule has 0 aliphatic carbocycles. The normalized spacial score (nSPS) is 20.2. The molecule has 1 aliphatic heterocycles. The smallest absolute Gasteiger partial charge is 0.319 e. The number of nitrogens with one attached hydrogen (secondary N) is 1. The first-order valence-corrected chi connectivity index (χ1v) is 8.48. The second kappa shape index (κ2) is 6.35. The van der Waals surface area contributed by atoms with E-state index in [4.69, 9.17) is 0 Å². The largest absolute Gasteiger partial charge is 0.325 e. The van der Waals surface area contributed by atoms with E-state index in [9.17, 15) is 14.4 Å². The predicted octanol–water partition coefficient (Wildman–Crippen LogP) is 2.94. The molecule has 5 nitrogen and oxygen atoms in total. The quantitative estimate of drug-likeness (QED) is 0.457. The topological polar surface area (TPSA) is 66.5 Å². The molecule has 1 atom stereocenters. The number of hydrogen-bond acceptors (Lipinski definition) is 3. The molecular formula is C18H15IN2O3. The molecule has 0 radical (unpaired) electrons. The summed E-state index contributed by atoms with van der Waals surface area (Å²) in [5, 5.41) is 2.70. The standard InChI is InChI=1S/C18H15IN2O3/c1-18(13-5-3-2-4-6-13)16(23)21(17(24)20-18)11-15(22)12-7-9-14(19)10-8-12/h2-10H,11H2,1H3,(H,20,24). The van der Waals surface area contributed by atoms with Crippen molar-refractivity contribution in [3.8, 4) is 0 Å². The number of amides is 3. The van der Waals surface area contributed by atoms with Crippen LogP contribution in [0.2, 0.25) is 0 Å². The van der Waals surface area contributed by atoms with Crippen molar-refractivity contribution in [1.29, 1.82) is 0 Å². The van der Waals surface area contributed by atoms with E-state index in [1.807, 2.05) is 18.2 Å². The molecule has 1 saturated heterocycles. The molecule has 0 bridgehead atoms. The van der Waals surface area contributed by atoms with E-state index in [1.165, 1.54) is 0 Å². The van der Waals surface area contributed by atoms with E-state index < -0.39 is 17.5 Å². The summed E-state index contributed by atoms with van der Waals surface area (Å²) >= 11 is 2.15. The average Bonchev–Trinajstić information content (AvgIpc) is 2.80. The molecule has 0 saturated carbocycles. The molecule has 0 spiro atoms. The second-order valence-corrected chi connectivity index (χ2v) is 6.99. The average molecular weight is 434 g/mol. The SMILES string of the molecule is CC1(c2ccccc2)NC(=O)N(CC(=O)c2ccc(I)cc2)C1=O. The maximum absolute atomic E-state index is 12.7. The maximum Gasteiger partial charge on any atom is 0.325 e. The minimum Gasteiger partial charge on any atom is -0.319 e. The first kappa shape index (κ1) is 16.6. The third-order valence-corrected chi connectivity index (χ3v) is 4.81. The highest BCUT2D eigenvalue weighted by Gasteiger charge is 2.49. The number of carbonyl (C=O) groups excluding carboxylic acids is 3. The number of halogens is 1. The van der Waals surface area contributed by atoms with Crippen LogP contribution < -0.4 is 5.32 Å². The lowest BCUT2D eigenvalue weighted by Gasteiger charge is -2.22. The van der Waals surface area contributed by atoms with Crippen LogP contribution in [0.25, 0.3) is 0 Å². The molecule has 24 heavy (non-hydrogen) atoms. The summed E-state index contributed by atoms with van der Waals surface area (Å²) < 4.78 is 1.01. The highest BCUT2D eigenvalue weighted by atomic mass is 127. The number of Topliss-reactive ketones (excluding diaryl/α,β-unsaturated/α-hetero) is 1. The summed E-state index contributed by atoms with van der Waals surface area (Å²) in [6.07, 6.45) is 0. The number of rotatable bonds is 4. The summed E-state index contributed by atoms with van der Waals surface area (Å²) in [6.45, 7) is 1.38. The summed E-state index contributed by atoms with van der Waals surface area (Å²) in [5.41, 5.74) is 0.0157. The lowest BCUT2D eigenvalue weighted by atomic mass is 9.92. The van der Waals surface area contributed by atoms with Crippen LogP contribution in [-0.4, -0.2) is 29.2 Å². The number of urea groups is 1. The van der Waals surface area contributed by atoms with Crippen LogP contribution in [0.5, 0.6) is 0 Å². The summed E-state index contributed by atoms with van der Waals surface area (Å²) in [7, 11) is 0. The van der Waals surface area contributed by atoms with Crippen molar-refractivity contribution in [3.05, 3.63) is 69.3 Å². The Morgan fingerprint density at radius 3 is 2.33 bits per heavy atom. The van der Waals surface area contributed by atoms with Gasteiger partial charge in [-0.2, -0.15) is 0 Å². The van der Waals surface area contributed by atoms with Gasteiger partial charge >= 0.3 is 6.03 Å². The number of hydrogen-bond donors (Lipinski definition) is 1. The molecule has 6 heteroatoms. The zero-order chi connectivity index (χ0) is 17.3. The van der Waals surface area contributed by atoms with Crippen molar-refractivity contribution in [3.63, 3.8) is 0 Å². The number of ketones is 1. The van der Waals surface area contributed by atoms with Gasteiger partial charge in [-0.3, -0.25) is 14.5 Å². The van der Waals surface area contributed by atoms with E-state index in [1.54, 1.807) is 43.3 Å². The predicted molar refractivity (Wildman–Crippen MR) is 97.5 cm³/mol. The van der Waals surface area contributed by atoms with Crippen LogP contribution in [-0.2, 0) is 10.3 Å². The van der Waals surface area contributed by atoms with Gasteiger partial charge in [-0.25, -0.2) is 4.79 Å². The third-order valence-electron chi connectivity index (χ3n) is 4.09. The molecule has 122 valence electrons. The zero-order valence-corrected chi connectivity index (χ0v) is 15.1. The Balaban J connectivity index is 1.82. The molecule has 3 rings (SSSR count). The monoisotopic (exact) mass is 434 g/mol. The van der Waals surface area contributed by atoms with Gasteiger partial charge in [-0.15, -0.1) is 0 Å². The van der Waals surface area contributed by atoms with Gasteiger partial charge in [0, 0.05) is 9.13 Å². The number of benzene rings is 2. The van der Waals surface area contributed by atoms with Gasteiger partial charge in [0.25, 0.3) is 5.91 Å². The van der Waals surface area contributed by atoms with Gasteiger partial charge in [0.1, 0.15) is 5.54 Å². The molecule has 1 heterocycles. The van der Waals surface area contributed by atoms with Crippen molar-refractivity contribution in [2.45, 2.75) is 12.5 Å². The highest BCUT2D eigenvalue weighted by Crippen LogP contribution is 2.28. The minimum atomic E-state index is -1.15. The lowest BCUT2D eigenvalue weighted by molar-refractivity contribution is -0.130. The molecule has 0 aromatic heterocycles. The summed E-state index contributed by atoms with van der Waals surface area (Å²) in [5.74, 6) is -0.690. The highest BCUT2D eigenvalue weighted by molar-refractivity contribution is 14.1. The van der Waals surface area contributed by atoms with Crippen molar-refractivity contribution in [2.24, 2.45) is 0 Å². The molecule has 1 fully saturated rings. The molecule has 1 aliphatic rings. The van der Waals surface area contributed by atoms with Crippen LogP contribution in [0.15, 0.2) is 54.6 Å². The molecular weight excluding hydrogens is 419 g/mol. The Morgan fingerprint density at radius 2 is 1.71 bits per heavy atom. The first-order valence-electron chi connectivity index (χ1n) is 7.40. The molecule has 1 unspecified atom stereocenters. The second-order valence-electron chi connectivity index (χ2n) is 5.74. The maximum atomic E-state index is 12.7. The molecule has 2 aromatic carbocycles.